The van der Waals surface area contributed by atoms with E-state index in [4.69, 9.17) is 0 Å². The van der Waals surface area contributed by atoms with Crippen molar-refractivity contribution in [3.63, 3.8) is 0 Å². The molecule has 12 heteroatoms. The van der Waals surface area contributed by atoms with Gasteiger partial charge in [0.2, 0.25) is 0 Å². The first kappa shape index (κ1) is 36.9. The Labute approximate surface area is 314 Å². The van der Waals surface area contributed by atoms with Crippen molar-refractivity contribution in [3.8, 4) is 0 Å². The Balaban J connectivity index is 1.02. The van der Waals surface area contributed by atoms with Gasteiger partial charge in [-0.1, -0.05) is 36.4 Å². The monoisotopic (exact) mass is 730 g/mol. The molecule has 4 aromatic carbocycles. The van der Waals surface area contributed by atoms with Crippen molar-refractivity contribution in [2.75, 3.05) is 13.1 Å². The third-order valence-electron chi connectivity index (χ3n) is 11.8. The van der Waals surface area contributed by atoms with Gasteiger partial charge in [-0.05, 0) is 147 Å². The number of nitro groups is 2. The molecule has 54 heavy (non-hydrogen) atoms. The summed E-state index contributed by atoms with van der Waals surface area (Å²) in [5.41, 5.74) is 2.94. The molecule has 4 aromatic rings. The normalized spacial score (nSPS) is 23.6. The van der Waals surface area contributed by atoms with Gasteiger partial charge in [0, 0.05) is 35.4 Å². The molecule has 4 bridgehead atoms. The van der Waals surface area contributed by atoms with Crippen molar-refractivity contribution >= 4 is 23.2 Å². The number of hydrogen-bond acceptors (Lipinski definition) is 8. The van der Waals surface area contributed by atoms with Crippen molar-refractivity contribution in [1.29, 1.82) is 0 Å². The van der Waals surface area contributed by atoms with Crippen molar-refractivity contribution in [3.05, 3.63) is 152 Å². The number of nitrogens with zero attached hydrogens (tertiary/aromatic N) is 2. The summed E-state index contributed by atoms with van der Waals surface area (Å²) < 4.78 is 0. The summed E-state index contributed by atoms with van der Waals surface area (Å²) >= 11 is 0. The zero-order valence-electron chi connectivity index (χ0n) is 30.1. The highest BCUT2D eigenvalue weighted by Crippen LogP contribution is 2.67. The van der Waals surface area contributed by atoms with E-state index in [0.29, 0.717) is 36.1 Å². The summed E-state index contributed by atoms with van der Waals surface area (Å²) in [4.78, 5) is 48.2. The highest BCUT2D eigenvalue weighted by atomic mass is 16.6. The van der Waals surface area contributed by atoms with Crippen LogP contribution in [0.1, 0.15) is 95.5 Å². The second kappa shape index (κ2) is 15.9. The summed E-state index contributed by atoms with van der Waals surface area (Å²) in [6.07, 6.45) is 8.02. The minimum Gasteiger partial charge on any atom is -0.333 e. The van der Waals surface area contributed by atoms with Gasteiger partial charge in [0.1, 0.15) is 12.3 Å². The predicted molar refractivity (Wildman–Crippen MR) is 204 cm³/mol. The lowest BCUT2D eigenvalue weighted by atomic mass is 9.43. The van der Waals surface area contributed by atoms with Crippen LogP contribution < -0.4 is 21.3 Å². The van der Waals surface area contributed by atoms with Crippen LogP contribution in [0.2, 0.25) is 0 Å². The van der Waals surface area contributed by atoms with Gasteiger partial charge < -0.3 is 10.6 Å². The number of benzene rings is 4. The van der Waals surface area contributed by atoms with Crippen LogP contribution in [-0.2, 0) is 0 Å². The molecule has 2 amide bonds. The Morgan fingerprint density at radius 2 is 0.963 bits per heavy atom. The number of rotatable bonds is 16. The van der Waals surface area contributed by atoms with Gasteiger partial charge in [-0.2, -0.15) is 0 Å². The topological polar surface area (TPSA) is 169 Å². The van der Waals surface area contributed by atoms with Crippen LogP contribution in [0.4, 0.5) is 11.4 Å². The standard InChI is InChI=1S/C42H46N6O6/c49-39(33-7-3-1-4-8-33)45-37(31-11-15-35(16-12-31)47(51)52)43-21-19-41-24-29-23-30(25-41)27-42(26-29,28-41)20-22-44-38(32-13-17-36(18-14-32)48(53)54)46-40(50)34-9-5-2-6-10-34/h1-18,29-30,37-38,43-44H,19-28H2,(H,45,49)(H,46,50). The van der Waals surface area contributed by atoms with Crippen LogP contribution in [0, 0.1) is 42.9 Å². The average Bonchev–Trinajstić information content (AvgIpc) is 3.17. The molecule has 4 saturated carbocycles. The predicted octanol–water partition coefficient (Wildman–Crippen LogP) is 7.61. The van der Waals surface area contributed by atoms with Gasteiger partial charge >= 0.3 is 0 Å². The van der Waals surface area contributed by atoms with Gasteiger partial charge in [-0.3, -0.25) is 40.5 Å². The third-order valence-corrected chi connectivity index (χ3v) is 11.8. The van der Waals surface area contributed by atoms with E-state index in [1.807, 2.05) is 36.4 Å². The molecule has 4 fully saturated rings. The van der Waals surface area contributed by atoms with E-state index in [0.717, 1.165) is 30.4 Å². The van der Waals surface area contributed by atoms with Crippen molar-refractivity contribution < 1.29 is 19.4 Å². The largest absolute Gasteiger partial charge is 0.333 e. The zero-order chi connectivity index (χ0) is 37.7. The molecular weight excluding hydrogens is 684 g/mol. The van der Waals surface area contributed by atoms with E-state index in [1.165, 1.54) is 56.4 Å². The summed E-state index contributed by atoms with van der Waals surface area (Å²) in [7, 11) is 0. The Morgan fingerprint density at radius 3 is 1.31 bits per heavy atom. The molecule has 0 aromatic heterocycles. The van der Waals surface area contributed by atoms with Gasteiger partial charge in [-0.25, -0.2) is 0 Å². The van der Waals surface area contributed by atoms with Gasteiger partial charge in [0.05, 0.1) is 9.85 Å². The van der Waals surface area contributed by atoms with Crippen LogP contribution >= 0.6 is 0 Å². The fraction of sp³-hybridized carbons (Fsp3) is 0.381. The molecule has 0 heterocycles. The van der Waals surface area contributed by atoms with Crippen molar-refractivity contribution in [2.45, 2.75) is 63.7 Å². The molecule has 280 valence electrons. The molecule has 12 nitrogen and oxygen atoms in total. The second-order valence-corrected chi connectivity index (χ2v) is 15.6. The zero-order valence-corrected chi connectivity index (χ0v) is 30.1. The van der Waals surface area contributed by atoms with Gasteiger partial charge in [0.25, 0.3) is 23.2 Å². The van der Waals surface area contributed by atoms with Crippen LogP contribution in [0.15, 0.2) is 109 Å². The fourth-order valence-corrected chi connectivity index (χ4v) is 9.89. The summed E-state index contributed by atoms with van der Waals surface area (Å²) in [6.45, 7) is 1.36. The van der Waals surface area contributed by atoms with Crippen LogP contribution in [0.3, 0.4) is 0 Å². The SMILES string of the molecule is O=C(NC(NCCC12CC3CC(C1)CC(CCNC(NC(=O)c1ccccc1)c1ccc([N+](=O)[O-])cc1)(C3)C2)c1ccc([N+](=O)[O-])cc1)c1ccccc1. The number of nitro benzene ring substituents is 2. The fourth-order valence-electron chi connectivity index (χ4n) is 9.89. The highest BCUT2D eigenvalue weighted by Gasteiger charge is 2.56. The van der Waals surface area contributed by atoms with E-state index >= 15 is 0 Å². The molecule has 8 rings (SSSR count). The van der Waals surface area contributed by atoms with Crippen molar-refractivity contribution in [1.82, 2.24) is 21.3 Å². The van der Waals surface area contributed by atoms with E-state index in [-0.39, 0.29) is 34.0 Å². The van der Waals surface area contributed by atoms with Crippen LogP contribution in [-0.4, -0.2) is 34.8 Å². The molecule has 0 radical (unpaired) electrons. The Morgan fingerprint density at radius 1 is 0.593 bits per heavy atom. The lowest BCUT2D eigenvalue weighted by Crippen LogP contribution is -2.53. The molecule has 4 aliphatic carbocycles. The first-order valence-electron chi connectivity index (χ1n) is 18.8. The average molecular weight is 731 g/mol. The molecule has 4 N–H and O–H groups in total. The number of amides is 2. The minimum atomic E-state index is -0.520. The Hall–Kier alpha value is -5.46. The number of non-ortho nitro benzene ring substituents is 2. The van der Waals surface area contributed by atoms with E-state index in [9.17, 15) is 29.8 Å². The molecule has 4 aliphatic rings. The first-order chi connectivity index (χ1) is 26.1. The number of carbonyl (C=O) groups is 2. The molecule has 0 saturated heterocycles. The van der Waals surface area contributed by atoms with Gasteiger partial charge in [-0.15, -0.1) is 0 Å². The van der Waals surface area contributed by atoms with Gasteiger partial charge in [0.15, 0.2) is 0 Å². The quantitative estimate of drug-likeness (QED) is 0.0519. The number of nitrogens with one attached hydrogen (secondary N) is 4. The summed E-state index contributed by atoms with van der Waals surface area (Å²) in [5, 5.41) is 36.0. The minimum absolute atomic E-state index is 0.00196. The molecule has 2 unspecified atom stereocenters. The molecule has 0 aliphatic heterocycles. The molecule has 0 spiro atoms. The molecule has 2 atom stereocenters. The van der Waals surface area contributed by atoms with E-state index in [2.05, 4.69) is 21.3 Å². The summed E-state index contributed by atoms with van der Waals surface area (Å²) in [5.74, 6) is 0.884. The lowest BCUT2D eigenvalue weighted by molar-refractivity contribution is -0.385. The van der Waals surface area contributed by atoms with E-state index < -0.39 is 22.2 Å². The number of hydrogen-bond donors (Lipinski definition) is 4. The third kappa shape index (κ3) is 8.50. The highest BCUT2D eigenvalue weighted by molar-refractivity contribution is 5.94. The first-order valence-corrected chi connectivity index (χ1v) is 18.8. The van der Waals surface area contributed by atoms with Crippen LogP contribution in [0.5, 0.6) is 0 Å². The van der Waals surface area contributed by atoms with Crippen LogP contribution in [0.25, 0.3) is 0 Å². The maximum absolute atomic E-state index is 13.2. The maximum Gasteiger partial charge on any atom is 0.269 e. The Kier molecular flexibility index (Phi) is 10.8. The van der Waals surface area contributed by atoms with E-state index in [1.54, 1.807) is 48.5 Å². The van der Waals surface area contributed by atoms with Crippen molar-refractivity contribution in [2.24, 2.45) is 22.7 Å². The number of carbonyl (C=O) groups excluding carboxylic acids is 2. The summed E-state index contributed by atoms with van der Waals surface area (Å²) in [6, 6.07) is 30.7. The maximum atomic E-state index is 13.2. The second-order valence-electron chi connectivity index (χ2n) is 15.6. The smallest absolute Gasteiger partial charge is 0.269 e. The lowest BCUT2D eigenvalue weighted by Gasteiger charge is -2.63. The Bertz CT molecular complexity index is 1800. The molecular formula is C42H46N6O6.